The summed E-state index contributed by atoms with van der Waals surface area (Å²) in [4.78, 5) is 0. The van der Waals surface area contributed by atoms with E-state index in [0.717, 1.165) is 38.5 Å². The number of rotatable bonds is 14. The van der Waals surface area contributed by atoms with Gasteiger partial charge in [0.25, 0.3) is 0 Å². The molecule has 0 aliphatic heterocycles. The smallest absolute Gasteiger partial charge is 0.121 e. The van der Waals surface area contributed by atoms with E-state index in [2.05, 4.69) is 93.2 Å². The van der Waals surface area contributed by atoms with Crippen molar-refractivity contribution in [3.8, 4) is 0 Å². The largest absolute Gasteiger partial charge is 0.243 e. The van der Waals surface area contributed by atoms with E-state index in [1.54, 1.807) is 6.92 Å². The highest BCUT2D eigenvalue weighted by Gasteiger charge is 2.26. The number of halogens is 1. The van der Waals surface area contributed by atoms with Crippen molar-refractivity contribution in [3.05, 3.63) is 69.9 Å². The second kappa shape index (κ2) is 15.3. The normalized spacial score (nSPS) is 13.5. The van der Waals surface area contributed by atoms with Crippen LogP contribution in [0.5, 0.6) is 0 Å². The lowest BCUT2D eigenvalue weighted by Gasteiger charge is -2.31. The summed E-state index contributed by atoms with van der Waals surface area (Å²) in [5.41, 5.74) is 9.15. The molecule has 0 amide bonds. The van der Waals surface area contributed by atoms with E-state index in [1.807, 2.05) is 0 Å². The Labute approximate surface area is 200 Å². The number of allylic oxidation sites excluding steroid dienone is 11. The van der Waals surface area contributed by atoms with Crippen molar-refractivity contribution in [1.82, 2.24) is 0 Å². The minimum Gasteiger partial charge on any atom is -0.243 e. The van der Waals surface area contributed by atoms with Crippen molar-refractivity contribution in [2.24, 2.45) is 5.41 Å². The summed E-state index contributed by atoms with van der Waals surface area (Å²) in [6.07, 6.45) is 15.4. The third-order valence-corrected chi connectivity index (χ3v) is 6.22. The first-order chi connectivity index (χ1) is 14.8. The Hall–Kier alpha value is -1.63. The van der Waals surface area contributed by atoms with Crippen LogP contribution in [0.15, 0.2) is 69.9 Å². The molecular formula is C31H51F. The third kappa shape index (κ3) is 13.7. The van der Waals surface area contributed by atoms with Crippen molar-refractivity contribution in [2.75, 3.05) is 0 Å². The molecule has 182 valence electrons. The van der Waals surface area contributed by atoms with Gasteiger partial charge < -0.3 is 0 Å². The molecule has 1 unspecified atom stereocenters. The van der Waals surface area contributed by atoms with E-state index in [-0.39, 0.29) is 5.41 Å². The van der Waals surface area contributed by atoms with Crippen molar-refractivity contribution < 1.29 is 4.39 Å². The summed E-state index contributed by atoms with van der Waals surface area (Å²) >= 11 is 0. The second-order valence-corrected chi connectivity index (χ2v) is 10.7. The highest BCUT2D eigenvalue weighted by Crippen LogP contribution is 2.40. The molecular weight excluding hydrogens is 391 g/mol. The van der Waals surface area contributed by atoms with Gasteiger partial charge in [-0.05, 0) is 125 Å². The van der Waals surface area contributed by atoms with Gasteiger partial charge in [-0.15, -0.1) is 0 Å². The summed E-state index contributed by atoms with van der Waals surface area (Å²) in [5.74, 6) is 0. The summed E-state index contributed by atoms with van der Waals surface area (Å²) < 4.78 is 13.8. The quantitative estimate of drug-likeness (QED) is 0.235. The minimum atomic E-state index is -0.885. The fourth-order valence-electron chi connectivity index (χ4n) is 3.76. The summed E-state index contributed by atoms with van der Waals surface area (Å²) in [7, 11) is 0. The summed E-state index contributed by atoms with van der Waals surface area (Å²) in [6.45, 7) is 25.4. The van der Waals surface area contributed by atoms with E-state index < -0.39 is 6.17 Å². The standard InChI is InChI=1S/C31H51F/c1-23(2)17-19-31(20-18-24(3)4,22-29(11)25(5)6)21-28(10)14-12-13-27(9)15-16-30(32)26(7)8/h13,17-18,21,30H,7,12,14-16,19-20,22H2,1-6,8-11H3/b27-13+,28-21+. The molecule has 0 aliphatic rings. The van der Waals surface area contributed by atoms with Gasteiger partial charge in [-0.25, -0.2) is 4.39 Å². The Morgan fingerprint density at radius 1 is 0.781 bits per heavy atom. The average molecular weight is 443 g/mol. The van der Waals surface area contributed by atoms with Gasteiger partial charge in [-0.2, -0.15) is 0 Å². The maximum absolute atomic E-state index is 13.8. The second-order valence-electron chi connectivity index (χ2n) is 10.7. The fourth-order valence-corrected chi connectivity index (χ4v) is 3.76. The first-order valence-electron chi connectivity index (χ1n) is 12.3. The van der Waals surface area contributed by atoms with Crippen LogP contribution in [-0.4, -0.2) is 6.17 Å². The van der Waals surface area contributed by atoms with Crippen LogP contribution >= 0.6 is 0 Å². The molecule has 32 heavy (non-hydrogen) atoms. The van der Waals surface area contributed by atoms with Crippen LogP contribution in [0, 0.1) is 5.41 Å². The Morgan fingerprint density at radius 3 is 1.75 bits per heavy atom. The maximum Gasteiger partial charge on any atom is 0.121 e. The van der Waals surface area contributed by atoms with E-state index in [0.29, 0.717) is 12.0 Å². The third-order valence-electron chi connectivity index (χ3n) is 6.22. The van der Waals surface area contributed by atoms with Gasteiger partial charge in [0.1, 0.15) is 6.17 Å². The van der Waals surface area contributed by atoms with Crippen molar-refractivity contribution in [3.63, 3.8) is 0 Å². The zero-order valence-corrected chi connectivity index (χ0v) is 22.9. The lowest BCUT2D eigenvalue weighted by atomic mass is 9.73. The van der Waals surface area contributed by atoms with Gasteiger partial charge in [0.2, 0.25) is 0 Å². The molecule has 0 aromatic rings. The Balaban J connectivity index is 5.60. The molecule has 0 saturated carbocycles. The van der Waals surface area contributed by atoms with Gasteiger partial charge in [-0.1, -0.05) is 64.3 Å². The highest BCUT2D eigenvalue weighted by molar-refractivity contribution is 5.21. The van der Waals surface area contributed by atoms with E-state index >= 15 is 0 Å². The molecule has 0 heterocycles. The van der Waals surface area contributed by atoms with Crippen LogP contribution in [0.3, 0.4) is 0 Å². The Morgan fingerprint density at radius 2 is 1.31 bits per heavy atom. The molecule has 0 spiro atoms. The van der Waals surface area contributed by atoms with Crippen LogP contribution in [0.25, 0.3) is 0 Å². The molecule has 1 heteroatoms. The predicted octanol–water partition coefficient (Wildman–Crippen LogP) is 10.8. The van der Waals surface area contributed by atoms with Gasteiger partial charge >= 0.3 is 0 Å². The monoisotopic (exact) mass is 442 g/mol. The molecule has 1 atom stereocenters. The minimum absolute atomic E-state index is 0.113. The predicted molar refractivity (Wildman–Crippen MR) is 145 cm³/mol. The molecule has 0 radical (unpaired) electrons. The average Bonchev–Trinajstić information content (AvgIpc) is 2.68. The molecule has 0 N–H and O–H groups in total. The summed E-state index contributed by atoms with van der Waals surface area (Å²) in [6, 6.07) is 0. The van der Waals surface area contributed by atoms with Crippen LogP contribution in [-0.2, 0) is 0 Å². The number of alkyl halides is 1. The first kappa shape index (κ1) is 30.4. The fraction of sp³-hybridized carbons (Fsp3) is 0.613. The lowest BCUT2D eigenvalue weighted by Crippen LogP contribution is -2.19. The zero-order valence-electron chi connectivity index (χ0n) is 22.9. The van der Waals surface area contributed by atoms with E-state index in [9.17, 15) is 4.39 Å². The van der Waals surface area contributed by atoms with Crippen LogP contribution < -0.4 is 0 Å². The van der Waals surface area contributed by atoms with Crippen molar-refractivity contribution in [2.45, 2.75) is 120 Å². The molecule has 0 aromatic carbocycles. The number of hydrogen-bond donors (Lipinski definition) is 0. The van der Waals surface area contributed by atoms with Crippen molar-refractivity contribution in [1.29, 1.82) is 0 Å². The van der Waals surface area contributed by atoms with E-state index in [4.69, 9.17) is 0 Å². The first-order valence-corrected chi connectivity index (χ1v) is 12.3. The molecule has 0 nitrogen and oxygen atoms in total. The van der Waals surface area contributed by atoms with Crippen LogP contribution in [0.4, 0.5) is 4.39 Å². The van der Waals surface area contributed by atoms with Crippen LogP contribution in [0.1, 0.15) is 114 Å². The zero-order chi connectivity index (χ0) is 24.9. The molecule has 0 aliphatic carbocycles. The molecule has 0 aromatic heterocycles. The van der Waals surface area contributed by atoms with Gasteiger partial charge in [0.15, 0.2) is 0 Å². The molecule has 0 fully saturated rings. The van der Waals surface area contributed by atoms with Crippen LogP contribution in [0.2, 0.25) is 0 Å². The number of hydrogen-bond acceptors (Lipinski definition) is 0. The lowest BCUT2D eigenvalue weighted by molar-refractivity contribution is 0.361. The SMILES string of the molecule is C=C(C)C(F)CC/C(C)=C/CC/C(C)=C/C(CC=C(C)C)(CC=C(C)C)CC(C)=C(C)C. The molecule has 0 saturated heterocycles. The summed E-state index contributed by atoms with van der Waals surface area (Å²) in [5, 5.41) is 0. The van der Waals surface area contributed by atoms with E-state index in [1.165, 1.54) is 33.4 Å². The topological polar surface area (TPSA) is 0 Å². The van der Waals surface area contributed by atoms with Gasteiger partial charge in [0, 0.05) is 0 Å². The molecule has 0 bridgehead atoms. The maximum atomic E-state index is 13.8. The molecule has 0 rings (SSSR count). The van der Waals surface area contributed by atoms with Gasteiger partial charge in [0.05, 0.1) is 0 Å². The Kier molecular flexibility index (Phi) is 14.5. The Bertz CT molecular complexity index is 719. The van der Waals surface area contributed by atoms with Gasteiger partial charge in [-0.3, -0.25) is 0 Å². The highest BCUT2D eigenvalue weighted by atomic mass is 19.1. The van der Waals surface area contributed by atoms with Crippen molar-refractivity contribution >= 4 is 0 Å².